The molecule has 2 aromatic carbocycles. The molecule has 0 bridgehead atoms. The van der Waals surface area contributed by atoms with Crippen LogP contribution in [0, 0.1) is 0 Å². The van der Waals surface area contributed by atoms with Gasteiger partial charge in [-0.25, -0.2) is 4.98 Å². The summed E-state index contributed by atoms with van der Waals surface area (Å²) in [4.78, 5) is 12.5. The van der Waals surface area contributed by atoms with Crippen LogP contribution in [0.1, 0.15) is 12.5 Å². The molecule has 0 spiro atoms. The fourth-order valence-electron chi connectivity index (χ4n) is 2.72. The van der Waals surface area contributed by atoms with Crippen molar-refractivity contribution in [1.82, 2.24) is 15.0 Å². The first-order chi connectivity index (χ1) is 11.8. The van der Waals surface area contributed by atoms with Gasteiger partial charge in [0.1, 0.15) is 5.75 Å². The number of imidazole rings is 1. The van der Waals surface area contributed by atoms with Gasteiger partial charge in [-0.15, -0.1) is 0 Å². The molecular weight excluding hydrogens is 318 g/mol. The number of hydrogen-bond acceptors (Lipinski definition) is 4. The Labute approximate surface area is 144 Å². The van der Waals surface area contributed by atoms with E-state index in [4.69, 9.17) is 4.74 Å². The molecular formula is C19H17N3OS. The zero-order chi connectivity index (χ0) is 16.4. The van der Waals surface area contributed by atoms with Crippen LogP contribution in [-0.2, 0) is 5.75 Å². The van der Waals surface area contributed by atoms with Gasteiger partial charge in [0.15, 0.2) is 5.16 Å². The maximum Gasteiger partial charge on any atom is 0.166 e. The molecule has 0 saturated carbocycles. The molecule has 4 nitrogen and oxygen atoms in total. The number of thioether (sulfide) groups is 1. The van der Waals surface area contributed by atoms with Crippen LogP contribution < -0.4 is 4.74 Å². The number of hydrogen-bond donors (Lipinski definition) is 1. The summed E-state index contributed by atoms with van der Waals surface area (Å²) >= 11 is 1.69. The second-order valence-corrected chi connectivity index (χ2v) is 6.40. The van der Waals surface area contributed by atoms with Gasteiger partial charge in [0.05, 0.1) is 23.2 Å². The van der Waals surface area contributed by atoms with Crippen molar-refractivity contribution in [1.29, 1.82) is 0 Å². The van der Waals surface area contributed by atoms with Gasteiger partial charge >= 0.3 is 0 Å². The van der Waals surface area contributed by atoms with Crippen LogP contribution in [0.15, 0.2) is 59.9 Å². The maximum absolute atomic E-state index is 5.54. The Hall–Kier alpha value is -2.53. The molecule has 0 aliphatic rings. The topological polar surface area (TPSA) is 50.8 Å². The van der Waals surface area contributed by atoms with Crippen LogP contribution in [-0.4, -0.2) is 21.6 Å². The van der Waals surface area contributed by atoms with E-state index in [1.165, 1.54) is 10.9 Å². The Bertz CT molecular complexity index is 991. The standard InChI is InChI=1S/C19H17N3OS/c1-2-23-15-8-9-16-17(11-15)22-19(21-16)24-12-14-6-3-5-13-7-4-10-20-18(13)14/h3-11H,2,12H2,1H3,(H,21,22). The van der Waals surface area contributed by atoms with Crippen LogP contribution in [0.3, 0.4) is 0 Å². The van der Waals surface area contributed by atoms with E-state index in [0.29, 0.717) is 6.61 Å². The summed E-state index contributed by atoms with van der Waals surface area (Å²) in [5.41, 5.74) is 4.23. The van der Waals surface area contributed by atoms with Crippen molar-refractivity contribution in [2.75, 3.05) is 6.61 Å². The summed E-state index contributed by atoms with van der Waals surface area (Å²) in [5, 5.41) is 2.08. The monoisotopic (exact) mass is 335 g/mol. The smallest absolute Gasteiger partial charge is 0.166 e. The number of para-hydroxylation sites is 1. The zero-order valence-corrected chi connectivity index (χ0v) is 14.1. The van der Waals surface area contributed by atoms with E-state index in [2.05, 4.69) is 39.2 Å². The molecule has 0 aliphatic heterocycles. The van der Waals surface area contributed by atoms with Crippen molar-refractivity contribution in [2.24, 2.45) is 0 Å². The van der Waals surface area contributed by atoms with Crippen LogP contribution in [0.5, 0.6) is 5.75 Å². The summed E-state index contributed by atoms with van der Waals surface area (Å²) in [6.07, 6.45) is 1.84. The number of nitrogens with zero attached hydrogens (tertiary/aromatic N) is 2. The Morgan fingerprint density at radius 3 is 2.96 bits per heavy atom. The van der Waals surface area contributed by atoms with Gasteiger partial charge in [0, 0.05) is 23.4 Å². The summed E-state index contributed by atoms with van der Waals surface area (Å²) in [5.74, 6) is 1.69. The highest BCUT2D eigenvalue weighted by atomic mass is 32.2. The fourth-order valence-corrected chi connectivity index (χ4v) is 3.59. The third kappa shape index (κ3) is 2.95. The van der Waals surface area contributed by atoms with Crippen LogP contribution in [0.2, 0.25) is 0 Å². The largest absolute Gasteiger partial charge is 0.494 e. The fraction of sp³-hybridized carbons (Fsp3) is 0.158. The minimum Gasteiger partial charge on any atom is -0.494 e. The minimum absolute atomic E-state index is 0.662. The van der Waals surface area contributed by atoms with Crippen LogP contribution in [0.25, 0.3) is 21.9 Å². The van der Waals surface area contributed by atoms with Crippen molar-refractivity contribution in [3.8, 4) is 5.75 Å². The average molecular weight is 335 g/mol. The molecule has 0 radical (unpaired) electrons. The van der Waals surface area contributed by atoms with Gasteiger partial charge < -0.3 is 9.72 Å². The minimum atomic E-state index is 0.662. The summed E-state index contributed by atoms with van der Waals surface area (Å²) < 4.78 is 5.54. The Balaban J connectivity index is 1.58. The van der Waals surface area contributed by atoms with Crippen molar-refractivity contribution >= 4 is 33.7 Å². The van der Waals surface area contributed by atoms with Crippen LogP contribution >= 0.6 is 11.8 Å². The molecule has 0 amide bonds. The summed E-state index contributed by atoms with van der Waals surface area (Å²) in [6, 6.07) is 16.3. The number of nitrogens with one attached hydrogen (secondary N) is 1. The van der Waals surface area contributed by atoms with Crippen molar-refractivity contribution in [3.63, 3.8) is 0 Å². The van der Waals surface area contributed by atoms with Gasteiger partial charge in [-0.3, -0.25) is 4.98 Å². The van der Waals surface area contributed by atoms with Crippen molar-refractivity contribution < 1.29 is 4.74 Å². The van der Waals surface area contributed by atoms with Gasteiger partial charge in [-0.2, -0.15) is 0 Å². The lowest BCUT2D eigenvalue weighted by molar-refractivity contribution is 0.340. The normalized spacial score (nSPS) is 11.2. The average Bonchev–Trinajstić information content (AvgIpc) is 3.02. The van der Waals surface area contributed by atoms with Gasteiger partial charge in [0.2, 0.25) is 0 Å². The number of pyridine rings is 1. The Morgan fingerprint density at radius 1 is 1.12 bits per heavy atom. The lowest BCUT2D eigenvalue weighted by atomic mass is 10.1. The first-order valence-electron chi connectivity index (χ1n) is 7.91. The number of benzene rings is 2. The van der Waals surface area contributed by atoms with Crippen molar-refractivity contribution in [3.05, 3.63) is 60.3 Å². The number of aromatic nitrogens is 3. The molecule has 4 rings (SSSR count). The summed E-state index contributed by atoms with van der Waals surface area (Å²) in [6.45, 7) is 2.64. The third-order valence-corrected chi connectivity index (χ3v) is 4.75. The SMILES string of the molecule is CCOc1ccc2nc(SCc3cccc4cccnc34)[nH]c2c1. The highest BCUT2D eigenvalue weighted by Gasteiger charge is 2.07. The van der Waals surface area contributed by atoms with E-state index in [-0.39, 0.29) is 0 Å². The molecule has 0 saturated heterocycles. The lowest BCUT2D eigenvalue weighted by Gasteiger charge is -2.03. The molecule has 120 valence electrons. The number of ether oxygens (including phenoxy) is 1. The molecule has 24 heavy (non-hydrogen) atoms. The van der Waals surface area contributed by atoms with Crippen LogP contribution in [0.4, 0.5) is 0 Å². The first kappa shape index (κ1) is 15.0. The lowest BCUT2D eigenvalue weighted by Crippen LogP contribution is -1.90. The molecule has 2 aromatic heterocycles. The molecule has 0 unspecified atom stereocenters. The molecule has 0 aliphatic carbocycles. The Morgan fingerprint density at radius 2 is 2.04 bits per heavy atom. The van der Waals surface area contributed by atoms with Gasteiger partial charge in [-0.05, 0) is 30.7 Å². The maximum atomic E-state index is 5.54. The van der Waals surface area contributed by atoms with E-state index in [1.807, 2.05) is 37.4 Å². The molecule has 5 heteroatoms. The van der Waals surface area contributed by atoms with E-state index in [1.54, 1.807) is 11.8 Å². The van der Waals surface area contributed by atoms with Gasteiger partial charge in [0.25, 0.3) is 0 Å². The quantitative estimate of drug-likeness (QED) is 0.532. The number of aromatic amines is 1. The van der Waals surface area contributed by atoms with E-state index < -0.39 is 0 Å². The molecule has 4 aromatic rings. The second-order valence-electron chi connectivity index (χ2n) is 5.43. The summed E-state index contributed by atoms with van der Waals surface area (Å²) in [7, 11) is 0. The predicted octanol–water partition coefficient (Wildman–Crippen LogP) is 4.80. The van der Waals surface area contributed by atoms with E-state index in [9.17, 15) is 0 Å². The van der Waals surface area contributed by atoms with E-state index in [0.717, 1.165) is 33.2 Å². The Kier molecular flexibility index (Phi) is 4.09. The third-order valence-electron chi connectivity index (χ3n) is 3.82. The van der Waals surface area contributed by atoms with Crippen molar-refractivity contribution in [2.45, 2.75) is 17.8 Å². The zero-order valence-electron chi connectivity index (χ0n) is 13.3. The molecule has 2 heterocycles. The second kappa shape index (κ2) is 6.53. The first-order valence-corrected chi connectivity index (χ1v) is 8.90. The molecule has 0 atom stereocenters. The highest BCUT2D eigenvalue weighted by Crippen LogP contribution is 2.27. The number of rotatable bonds is 5. The number of fused-ring (bicyclic) bond motifs is 2. The van der Waals surface area contributed by atoms with Gasteiger partial charge in [-0.1, -0.05) is 36.0 Å². The highest BCUT2D eigenvalue weighted by molar-refractivity contribution is 7.98. The molecule has 1 N–H and O–H groups in total. The number of H-pyrrole nitrogens is 1. The molecule has 0 fully saturated rings. The predicted molar refractivity (Wildman–Crippen MR) is 98.6 cm³/mol. The van der Waals surface area contributed by atoms with E-state index >= 15 is 0 Å².